The fourth-order valence-corrected chi connectivity index (χ4v) is 1.71. The first kappa shape index (κ1) is 11.3. The van der Waals surface area contributed by atoms with E-state index in [9.17, 15) is 5.11 Å². The van der Waals surface area contributed by atoms with Crippen molar-refractivity contribution in [3.05, 3.63) is 24.5 Å². The highest BCUT2D eigenvalue weighted by molar-refractivity contribution is 4.90. The number of aliphatic hydroxyl groups excluding tert-OH is 1. The zero-order valence-electron chi connectivity index (χ0n) is 9.19. The maximum Gasteiger partial charge on any atom is 0.0557 e. The van der Waals surface area contributed by atoms with Crippen LogP contribution in [-0.4, -0.2) is 15.8 Å². The third-order valence-corrected chi connectivity index (χ3v) is 2.72. The third-order valence-electron chi connectivity index (χ3n) is 2.72. The van der Waals surface area contributed by atoms with Crippen molar-refractivity contribution in [3.63, 3.8) is 0 Å². The number of unbranched alkanes of at least 4 members (excludes halogenated alkanes) is 1. The van der Waals surface area contributed by atoms with E-state index in [0.717, 1.165) is 13.0 Å². The van der Waals surface area contributed by atoms with E-state index in [0.29, 0.717) is 5.92 Å². The smallest absolute Gasteiger partial charge is 0.0557 e. The maximum atomic E-state index is 9.62. The van der Waals surface area contributed by atoms with Crippen molar-refractivity contribution in [1.29, 1.82) is 0 Å². The molecule has 0 saturated carbocycles. The molecule has 2 heteroatoms. The highest BCUT2D eigenvalue weighted by Gasteiger charge is 2.14. The van der Waals surface area contributed by atoms with Gasteiger partial charge < -0.3 is 9.67 Å². The number of aromatic nitrogens is 1. The molecule has 0 amide bonds. The van der Waals surface area contributed by atoms with Crippen LogP contribution in [0, 0.1) is 5.92 Å². The SMILES string of the molecule is CCCC[C@@H](Cn1cccc1)[C@@H](C)O. The van der Waals surface area contributed by atoms with Gasteiger partial charge in [-0.25, -0.2) is 0 Å². The maximum absolute atomic E-state index is 9.62. The molecule has 0 saturated heterocycles. The summed E-state index contributed by atoms with van der Waals surface area (Å²) in [6.45, 7) is 5.02. The Morgan fingerprint density at radius 2 is 1.93 bits per heavy atom. The average molecular weight is 195 g/mol. The second kappa shape index (κ2) is 5.86. The van der Waals surface area contributed by atoms with E-state index in [1.54, 1.807) is 0 Å². The van der Waals surface area contributed by atoms with Crippen LogP contribution in [0.1, 0.15) is 33.1 Å². The topological polar surface area (TPSA) is 25.2 Å². The van der Waals surface area contributed by atoms with Crippen molar-refractivity contribution in [2.24, 2.45) is 5.92 Å². The van der Waals surface area contributed by atoms with Gasteiger partial charge in [0, 0.05) is 24.9 Å². The van der Waals surface area contributed by atoms with E-state index in [2.05, 4.69) is 23.9 Å². The number of rotatable bonds is 6. The molecule has 0 aromatic carbocycles. The Morgan fingerprint density at radius 3 is 2.43 bits per heavy atom. The van der Waals surface area contributed by atoms with Crippen LogP contribution in [-0.2, 0) is 6.54 Å². The van der Waals surface area contributed by atoms with Crippen LogP contribution < -0.4 is 0 Å². The quantitative estimate of drug-likeness (QED) is 0.741. The number of hydrogen-bond donors (Lipinski definition) is 1. The minimum Gasteiger partial charge on any atom is -0.393 e. The van der Waals surface area contributed by atoms with Crippen LogP contribution in [0.15, 0.2) is 24.5 Å². The van der Waals surface area contributed by atoms with Gasteiger partial charge in [0.05, 0.1) is 6.10 Å². The molecule has 0 bridgehead atoms. The number of aliphatic hydroxyl groups is 1. The molecule has 0 fully saturated rings. The van der Waals surface area contributed by atoms with Gasteiger partial charge in [-0.15, -0.1) is 0 Å². The summed E-state index contributed by atoms with van der Waals surface area (Å²) in [5, 5.41) is 9.62. The monoisotopic (exact) mass is 195 g/mol. The first-order valence-corrected chi connectivity index (χ1v) is 5.53. The summed E-state index contributed by atoms with van der Waals surface area (Å²) in [7, 11) is 0. The molecule has 14 heavy (non-hydrogen) atoms. The van der Waals surface area contributed by atoms with Gasteiger partial charge in [0.15, 0.2) is 0 Å². The van der Waals surface area contributed by atoms with Gasteiger partial charge in [0.25, 0.3) is 0 Å². The highest BCUT2D eigenvalue weighted by atomic mass is 16.3. The molecule has 0 aliphatic rings. The first-order chi connectivity index (χ1) is 6.74. The molecule has 1 heterocycles. The van der Waals surface area contributed by atoms with Crippen molar-refractivity contribution in [2.45, 2.75) is 45.8 Å². The second-order valence-electron chi connectivity index (χ2n) is 4.02. The highest BCUT2D eigenvalue weighted by Crippen LogP contribution is 2.15. The normalized spacial score (nSPS) is 15.4. The molecule has 80 valence electrons. The van der Waals surface area contributed by atoms with Gasteiger partial charge in [-0.1, -0.05) is 19.8 Å². The van der Waals surface area contributed by atoms with Gasteiger partial charge in [0.1, 0.15) is 0 Å². The third kappa shape index (κ3) is 3.54. The summed E-state index contributed by atoms with van der Waals surface area (Å²) in [5.74, 6) is 0.391. The predicted molar refractivity (Wildman–Crippen MR) is 59.1 cm³/mol. The van der Waals surface area contributed by atoms with Gasteiger partial charge in [-0.05, 0) is 25.5 Å². The lowest BCUT2D eigenvalue weighted by Crippen LogP contribution is -2.21. The van der Waals surface area contributed by atoms with Gasteiger partial charge in [-0.3, -0.25) is 0 Å². The summed E-state index contributed by atoms with van der Waals surface area (Å²) in [6.07, 6.45) is 7.43. The molecule has 0 spiro atoms. The molecule has 1 aromatic rings. The van der Waals surface area contributed by atoms with Crippen molar-refractivity contribution in [1.82, 2.24) is 4.57 Å². The summed E-state index contributed by atoms with van der Waals surface area (Å²) >= 11 is 0. The molecular weight excluding hydrogens is 174 g/mol. The van der Waals surface area contributed by atoms with Crippen molar-refractivity contribution >= 4 is 0 Å². The van der Waals surface area contributed by atoms with Crippen LogP contribution in [0.5, 0.6) is 0 Å². The Hall–Kier alpha value is -0.760. The van der Waals surface area contributed by atoms with Crippen LogP contribution in [0.3, 0.4) is 0 Å². The summed E-state index contributed by atoms with van der Waals surface area (Å²) in [6, 6.07) is 4.05. The fourth-order valence-electron chi connectivity index (χ4n) is 1.71. The van der Waals surface area contributed by atoms with Crippen molar-refractivity contribution < 1.29 is 5.11 Å². The molecule has 1 rings (SSSR count). The lowest BCUT2D eigenvalue weighted by Gasteiger charge is -2.20. The van der Waals surface area contributed by atoms with E-state index < -0.39 is 0 Å². The minimum absolute atomic E-state index is 0.205. The molecule has 0 aliphatic carbocycles. The molecule has 2 nitrogen and oxygen atoms in total. The Balaban J connectivity index is 2.43. The van der Waals surface area contributed by atoms with Crippen LogP contribution in [0.2, 0.25) is 0 Å². The minimum atomic E-state index is -0.205. The standard InChI is InChI=1S/C12H21NO/c1-3-4-7-12(11(2)14)10-13-8-5-6-9-13/h5-6,8-9,11-12,14H,3-4,7,10H2,1-2H3/t11-,12+/m1/s1. The van der Waals surface area contributed by atoms with Gasteiger partial charge in [0.2, 0.25) is 0 Å². The molecule has 0 aliphatic heterocycles. The average Bonchev–Trinajstić information content (AvgIpc) is 2.64. The summed E-state index contributed by atoms with van der Waals surface area (Å²) < 4.78 is 2.15. The molecule has 1 aromatic heterocycles. The Bertz CT molecular complexity index is 228. The predicted octanol–water partition coefficient (Wildman–Crippen LogP) is 2.68. The lowest BCUT2D eigenvalue weighted by molar-refractivity contribution is 0.107. The van der Waals surface area contributed by atoms with Crippen LogP contribution >= 0.6 is 0 Å². The molecule has 0 radical (unpaired) electrons. The second-order valence-corrected chi connectivity index (χ2v) is 4.02. The molecule has 0 unspecified atom stereocenters. The van der Waals surface area contributed by atoms with Gasteiger partial charge in [-0.2, -0.15) is 0 Å². The fraction of sp³-hybridized carbons (Fsp3) is 0.667. The Morgan fingerprint density at radius 1 is 1.29 bits per heavy atom. The zero-order valence-corrected chi connectivity index (χ0v) is 9.19. The van der Waals surface area contributed by atoms with Gasteiger partial charge >= 0.3 is 0 Å². The Kier molecular flexibility index (Phi) is 4.74. The van der Waals surface area contributed by atoms with E-state index in [4.69, 9.17) is 0 Å². The van der Waals surface area contributed by atoms with E-state index in [-0.39, 0.29) is 6.10 Å². The van der Waals surface area contributed by atoms with Crippen LogP contribution in [0.4, 0.5) is 0 Å². The van der Waals surface area contributed by atoms with E-state index in [1.165, 1.54) is 12.8 Å². The summed E-state index contributed by atoms with van der Waals surface area (Å²) in [4.78, 5) is 0. The van der Waals surface area contributed by atoms with Crippen molar-refractivity contribution in [2.75, 3.05) is 0 Å². The van der Waals surface area contributed by atoms with Crippen LogP contribution in [0.25, 0.3) is 0 Å². The Labute approximate surface area is 86.6 Å². The zero-order chi connectivity index (χ0) is 10.4. The van der Waals surface area contributed by atoms with Crippen molar-refractivity contribution in [3.8, 4) is 0 Å². The van der Waals surface area contributed by atoms with E-state index in [1.807, 2.05) is 19.1 Å². The number of nitrogens with zero attached hydrogens (tertiary/aromatic N) is 1. The molecule has 2 atom stereocenters. The number of hydrogen-bond acceptors (Lipinski definition) is 1. The van der Waals surface area contributed by atoms with E-state index >= 15 is 0 Å². The lowest BCUT2D eigenvalue weighted by atomic mass is 9.97. The first-order valence-electron chi connectivity index (χ1n) is 5.53. The largest absolute Gasteiger partial charge is 0.393 e. The summed E-state index contributed by atoms with van der Waals surface area (Å²) in [5.41, 5.74) is 0. The molecular formula is C12H21NO. The molecule has 1 N–H and O–H groups in total.